The number of hydrogen-bond donors (Lipinski definition) is 0. The van der Waals surface area contributed by atoms with E-state index in [2.05, 4.69) is 0 Å². The highest BCUT2D eigenvalue weighted by atomic mass is 16.5. The van der Waals surface area contributed by atoms with Crippen molar-refractivity contribution in [2.24, 2.45) is 0 Å². The maximum absolute atomic E-state index is 8.35. The third-order valence-corrected chi connectivity index (χ3v) is 0.917. The third-order valence-electron chi connectivity index (χ3n) is 0.917. The van der Waals surface area contributed by atoms with Crippen molar-refractivity contribution in [3.8, 4) is 6.07 Å². The molecule has 0 heterocycles. The molecule has 0 bridgehead atoms. The van der Waals surface area contributed by atoms with Crippen molar-refractivity contribution in [2.45, 2.75) is 20.3 Å². The predicted octanol–water partition coefficient (Wildman–Crippen LogP) is 1.84. The lowest BCUT2D eigenvalue weighted by atomic mass is 10.3. The van der Waals surface area contributed by atoms with Crippen molar-refractivity contribution >= 4 is 0 Å². The standard InChI is InChI=1S/C7H11NO/c1-3-7(5-8)6-9-4-2/h6H,3-4H2,1-2H3. The van der Waals surface area contributed by atoms with Crippen molar-refractivity contribution in [1.82, 2.24) is 0 Å². The van der Waals surface area contributed by atoms with Gasteiger partial charge in [0, 0.05) is 0 Å². The summed E-state index contributed by atoms with van der Waals surface area (Å²) in [6, 6.07) is 2.02. The molecule has 0 atom stereocenters. The molecule has 0 amide bonds. The van der Waals surface area contributed by atoms with E-state index in [-0.39, 0.29) is 0 Å². The van der Waals surface area contributed by atoms with Crippen LogP contribution in [0.5, 0.6) is 0 Å². The monoisotopic (exact) mass is 125 g/mol. The molecule has 0 unspecified atom stereocenters. The molecular formula is C7H11NO. The van der Waals surface area contributed by atoms with Crippen molar-refractivity contribution in [1.29, 1.82) is 5.26 Å². The van der Waals surface area contributed by atoms with E-state index in [0.717, 1.165) is 6.42 Å². The molecule has 0 aliphatic rings. The van der Waals surface area contributed by atoms with Gasteiger partial charge in [-0.2, -0.15) is 5.26 Å². The van der Waals surface area contributed by atoms with Crippen molar-refractivity contribution in [3.05, 3.63) is 11.8 Å². The summed E-state index contributed by atoms with van der Waals surface area (Å²) in [5, 5.41) is 8.35. The summed E-state index contributed by atoms with van der Waals surface area (Å²) in [7, 11) is 0. The predicted molar refractivity (Wildman–Crippen MR) is 35.6 cm³/mol. The third kappa shape index (κ3) is 3.60. The van der Waals surface area contributed by atoms with Gasteiger partial charge in [-0.15, -0.1) is 0 Å². The molecular weight excluding hydrogens is 114 g/mol. The Morgan fingerprint density at radius 1 is 1.67 bits per heavy atom. The van der Waals surface area contributed by atoms with Crippen LogP contribution in [-0.2, 0) is 4.74 Å². The molecule has 2 nitrogen and oxygen atoms in total. The summed E-state index contributed by atoms with van der Waals surface area (Å²) in [5.74, 6) is 0. The zero-order valence-electron chi connectivity index (χ0n) is 5.85. The zero-order valence-corrected chi connectivity index (χ0v) is 5.85. The first kappa shape index (κ1) is 8.03. The molecule has 2 heteroatoms. The molecule has 0 rings (SSSR count). The summed E-state index contributed by atoms with van der Waals surface area (Å²) < 4.78 is 4.89. The van der Waals surface area contributed by atoms with E-state index in [1.807, 2.05) is 19.9 Å². The lowest BCUT2D eigenvalue weighted by molar-refractivity contribution is 0.266. The van der Waals surface area contributed by atoms with Gasteiger partial charge in [0.2, 0.25) is 0 Å². The Kier molecular flexibility index (Phi) is 4.61. The van der Waals surface area contributed by atoms with Gasteiger partial charge in [-0.05, 0) is 13.3 Å². The number of ether oxygens (including phenoxy) is 1. The SMILES string of the molecule is CCOC=C(C#N)CC. The average Bonchev–Trinajstić information content (AvgIpc) is 1.91. The molecule has 0 aromatic rings. The van der Waals surface area contributed by atoms with Crippen LogP contribution in [0.4, 0.5) is 0 Å². The van der Waals surface area contributed by atoms with Crippen LogP contribution < -0.4 is 0 Å². The van der Waals surface area contributed by atoms with E-state index >= 15 is 0 Å². The molecule has 0 saturated carbocycles. The van der Waals surface area contributed by atoms with Gasteiger partial charge >= 0.3 is 0 Å². The van der Waals surface area contributed by atoms with Crippen LogP contribution in [-0.4, -0.2) is 6.61 Å². The van der Waals surface area contributed by atoms with Gasteiger partial charge < -0.3 is 4.74 Å². The Hall–Kier alpha value is -0.970. The van der Waals surface area contributed by atoms with E-state index in [4.69, 9.17) is 10.00 Å². The fraction of sp³-hybridized carbons (Fsp3) is 0.571. The minimum atomic E-state index is 0.630. The van der Waals surface area contributed by atoms with Gasteiger partial charge in [0.05, 0.1) is 24.5 Å². The highest BCUT2D eigenvalue weighted by Crippen LogP contribution is 1.96. The first-order valence-electron chi connectivity index (χ1n) is 3.05. The molecule has 0 aliphatic heterocycles. The number of nitrogens with zero attached hydrogens (tertiary/aromatic N) is 1. The molecule has 0 saturated heterocycles. The quantitative estimate of drug-likeness (QED) is 0.426. The van der Waals surface area contributed by atoms with Crippen LogP contribution >= 0.6 is 0 Å². The molecule has 0 spiro atoms. The van der Waals surface area contributed by atoms with Gasteiger partial charge in [-0.25, -0.2) is 0 Å². The lowest BCUT2D eigenvalue weighted by Gasteiger charge is -1.93. The first-order valence-corrected chi connectivity index (χ1v) is 3.05. The van der Waals surface area contributed by atoms with Gasteiger partial charge in [0.1, 0.15) is 0 Å². The van der Waals surface area contributed by atoms with Crippen LogP contribution in [0.1, 0.15) is 20.3 Å². The van der Waals surface area contributed by atoms with Crippen LogP contribution in [0, 0.1) is 11.3 Å². The summed E-state index contributed by atoms with van der Waals surface area (Å²) in [6.07, 6.45) is 2.26. The smallest absolute Gasteiger partial charge is 0.0979 e. The molecule has 0 aromatic heterocycles. The van der Waals surface area contributed by atoms with Crippen molar-refractivity contribution < 1.29 is 4.74 Å². The van der Waals surface area contributed by atoms with Gasteiger partial charge in [-0.1, -0.05) is 6.92 Å². The topological polar surface area (TPSA) is 33.0 Å². The van der Waals surface area contributed by atoms with Crippen LogP contribution in [0.15, 0.2) is 11.8 Å². The Balaban J connectivity index is 3.66. The first-order chi connectivity index (χ1) is 4.35. The van der Waals surface area contributed by atoms with E-state index in [1.54, 1.807) is 0 Å². The molecule has 9 heavy (non-hydrogen) atoms. The number of nitriles is 1. The molecule has 0 fully saturated rings. The Bertz CT molecular complexity index is 132. The van der Waals surface area contributed by atoms with E-state index in [1.165, 1.54) is 6.26 Å². The van der Waals surface area contributed by atoms with E-state index < -0.39 is 0 Å². The number of allylic oxidation sites excluding steroid dienone is 1. The minimum absolute atomic E-state index is 0.630. The van der Waals surface area contributed by atoms with Crippen molar-refractivity contribution in [3.63, 3.8) is 0 Å². The minimum Gasteiger partial charge on any atom is -0.500 e. The van der Waals surface area contributed by atoms with Crippen LogP contribution in [0.3, 0.4) is 0 Å². The fourth-order valence-electron chi connectivity index (χ4n) is 0.373. The van der Waals surface area contributed by atoms with Gasteiger partial charge in [0.15, 0.2) is 0 Å². The highest BCUT2D eigenvalue weighted by Gasteiger charge is 1.87. The summed E-state index contributed by atoms with van der Waals surface area (Å²) in [5.41, 5.74) is 0.692. The molecule has 0 N–H and O–H groups in total. The zero-order chi connectivity index (χ0) is 7.11. The molecule has 0 aliphatic carbocycles. The normalized spacial score (nSPS) is 10.6. The fourth-order valence-corrected chi connectivity index (χ4v) is 0.373. The lowest BCUT2D eigenvalue weighted by Crippen LogP contribution is -1.81. The maximum atomic E-state index is 8.35. The van der Waals surface area contributed by atoms with Crippen molar-refractivity contribution in [2.75, 3.05) is 6.61 Å². The highest BCUT2D eigenvalue weighted by molar-refractivity contribution is 5.17. The van der Waals surface area contributed by atoms with Gasteiger partial charge in [0.25, 0.3) is 0 Å². The van der Waals surface area contributed by atoms with Gasteiger partial charge in [-0.3, -0.25) is 0 Å². The molecule has 0 aromatic carbocycles. The Labute approximate surface area is 55.7 Å². The second-order valence-corrected chi connectivity index (χ2v) is 1.56. The molecule has 50 valence electrons. The van der Waals surface area contributed by atoms with Crippen LogP contribution in [0.25, 0.3) is 0 Å². The van der Waals surface area contributed by atoms with E-state index in [0.29, 0.717) is 12.2 Å². The summed E-state index contributed by atoms with van der Waals surface area (Å²) in [6.45, 7) is 4.44. The molecule has 0 radical (unpaired) electrons. The second kappa shape index (κ2) is 5.17. The maximum Gasteiger partial charge on any atom is 0.0979 e. The van der Waals surface area contributed by atoms with E-state index in [9.17, 15) is 0 Å². The Morgan fingerprint density at radius 3 is 2.67 bits per heavy atom. The average molecular weight is 125 g/mol. The summed E-state index contributed by atoms with van der Waals surface area (Å²) >= 11 is 0. The second-order valence-electron chi connectivity index (χ2n) is 1.56. The largest absolute Gasteiger partial charge is 0.500 e. The Morgan fingerprint density at radius 2 is 2.33 bits per heavy atom. The number of hydrogen-bond acceptors (Lipinski definition) is 2. The van der Waals surface area contributed by atoms with Crippen LogP contribution in [0.2, 0.25) is 0 Å². The number of rotatable bonds is 3. The summed E-state index contributed by atoms with van der Waals surface area (Å²) in [4.78, 5) is 0.